The van der Waals surface area contributed by atoms with Crippen molar-refractivity contribution in [1.82, 2.24) is 10.2 Å². The summed E-state index contributed by atoms with van der Waals surface area (Å²) in [6.07, 6.45) is 1.31. The first kappa shape index (κ1) is 7.94. The van der Waals surface area contributed by atoms with E-state index in [0.29, 0.717) is 5.75 Å². The molecule has 4 nitrogen and oxygen atoms in total. The largest absolute Gasteiger partial charge is 0.425 e. The normalized spacial score (nSPS) is 9.27. The van der Waals surface area contributed by atoms with E-state index < -0.39 is 5.97 Å². The first-order valence-electron chi connectivity index (χ1n) is 2.85. The summed E-state index contributed by atoms with van der Waals surface area (Å²) < 4.78 is 4.67. The average molecular weight is 173 g/mol. The Labute approximate surface area is 68.1 Å². The molecular weight excluding hydrogens is 168 g/mol. The first-order valence-corrected chi connectivity index (χ1v) is 3.23. The summed E-state index contributed by atoms with van der Waals surface area (Å²) in [7, 11) is 0. The van der Waals surface area contributed by atoms with Crippen molar-refractivity contribution in [3.63, 3.8) is 0 Å². The third-order valence-electron chi connectivity index (χ3n) is 0.861. The summed E-state index contributed by atoms with van der Waals surface area (Å²) in [4.78, 5) is 10.4. The second kappa shape index (κ2) is 3.30. The van der Waals surface area contributed by atoms with Crippen LogP contribution in [0.2, 0.25) is 5.15 Å². The van der Waals surface area contributed by atoms with Gasteiger partial charge in [0.15, 0.2) is 10.9 Å². The molecule has 0 aromatic carbocycles. The van der Waals surface area contributed by atoms with Crippen molar-refractivity contribution in [3.8, 4) is 5.75 Å². The standard InChI is InChI=1S/C6H5ClN2O2/c1-4(10)11-5-2-6(7)9-8-3-5/h2-3H,1H3. The van der Waals surface area contributed by atoms with Crippen LogP contribution in [0.5, 0.6) is 5.75 Å². The molecule has 1 aromatic rings. The van der Waals surface area contributed by atoms with Gasteiger partial charge in [0.2, 0.25) is 0 Å². The fraction of sp³-hybridized carbons (Fsp3) is 0.167. The summed E-state index contributed by atoms with van der Waals surface area (Å²) in [5.41, 5.74) is 0. The van der Waals surface area contributed by atoms with E-state index in [2.05, 4.69) is 14.9 Å². The molecule has 0 saturated heterocycles. The monoisotopic (exact) mass is 172 g/mol. The van der Waals surface area contributed by atoms with Crippen LogP contribution in [0.4, 0.5) is 0 Å². The Morgan fingerprint density at radius 3 is 3.00 bits per heavy atom. The molecule has 0 amide bonds. The second-order valence-corrected chi connectivity index (χ2v) is 2.19. The van der Waals surface area contributed by atoms with E-state index in [0.717, 1.165) is 0 Å². The molecule has 5 heteroatoms. The summed E-state index contributed by atoms with van der Waals surface area (Å²) in [5.74, 6) is -0.105. The number of halogens is 1. The maximum absolute atomic E-state index is 10.4. The molecule has 0 saturated carbocycles. The van der Waals surface area contributed by atoms with Gasteiger partial charge in [0, 0.05) is 13.0 Å². The SMILES string of the molecule is CC(=O)Oc1cnnc(Cl)c1. The number of carbonyl (C=O) groups is 1. The fourth-order valence-electron chi connectivity index (χ4n) is 0.546. The van der Waals surface area contributed by atoms with E-state index in [4.69, 9.17) is 11.6 Å². The lowest BCUT2D eigenvalue weighted by atomic mass is 10.5. The highest BCUT2D eigenvalue weighted by Crippen LogP contribution is 2.12. The second-order valence-electron chi connectivity index (χ2n) is 1.81. The van der Waals surface area contributed by atoms with Gasteiger partial charge in [-0.05, 0) is 0 Å². The number of ether oxygens (including phenoxy) is 1. The Hall–Kier alpha value is -1.16. The molecule has 1 heterocycles. The Bertz CT molecular complexity index is 277. The Kier molecular flexibility index (Phi) is 2.38. The molecular formula is C6H5ClN2O2. The number of hydrogen-bond acceptors (Lipinski definition) is 4. The number of carbonyl (C=O) groups excluding carboxylic acids is 1. The van der Waals surface area contributed by atoms with Gasteiger partial charge in [-0.2, -0.15) is 5.10 Å². The van der Waals surface area contributed by atoms with Crippen molar-refractivity contribution >= 4 is 17.6 Å². The van der Waals surface area contributed by atoms with Gasteiger partial charge < -0.3 is 4.74 Å². The Morgan fingerprint density at radius 1 is 1.73 bits per heavy atom. The van der Waals surface area contributed by atoms with Crippen LogP contribution in [0.15, 0.2) is 12.3 Å². The topological polar surface area (TPSA) is 52.1 Å². The van der Waals surface area contributed by atoms with Gasteiger partial charge in [0.05, 0.1) is 6.20 Å². The van der Waals surface area contributed by atoms with Gasteiger partial charge in [0.1, 0.15) is 0 Å². The van der Waals surface area contributed by atoms with Crippen LogP contribution < -0.4 is 4.74 Å². The van der Waals surface area contributed by atoms with E-state index in [1.165, 1.54) is 19.2 Å². The van der Waals surface area contributed by atoms with E-state index in [1.807, 2.05) is 0 Å². The third-order valence-corrected chi connectivity index (χ3v) is 1.05. The van der Waals surface area contributed by atoms with Crippen LogP contribution >= 0.6 is 11.6 Å². The van der Waals surface area contributed by atoms with Crippen LogP contribution in [0.3, 0.4) is 0 Å². The van der Waals surface area contributed by atoms with Gasteiger partial charge in [-0.25, -0.2) is 0 Å². The van der Waals surface area contributed by atoms with Crippen LogP contribution in [0.25, 0.3) is 0 Å². The molecule has 0 aliphatic carbocycles. The predicted molar refractivity (Wildman–Crippen MR) is 38.4 cm³/mol. The molecule has 0 radical (unpaired) electrons. The van der Waals surface area contributed by atoms with Crippen LogP contribution in [-0.4, -0.2) is 16.2 Å². The van der Waals surface area contributed by atoms with Crippen molar-refractivity contribution in [3.05, 3.63) is 17.4 Å². The molecule has 0 atom stereocenters. The van der Waals surface area contributed by atoms with Crippen molar-refractivity contribution in [2.45, 2.75) is 6.92 Å². The fourth-order valence-corrected chi connectivity index (χ4v) is 0.697. The summed E-state index contributed by atoms with van der Waals surface area (Å²) >= 11 is 5.46. The molecule has 0 bridgehead atoms. The lowest BCUT2D eigenvalue weighted by Gasteiger charge is -1.97. The van der Waals surface area contributed by atoms with Gasteiger partial charge in [0.25, 0.3) is 0 Å². The highest BCUT2D eigenvalue weighted by atomic mass is 35.5. The maximum atomic E-state index is 10.4. The minimum atomic E-state index is -0.408. The molecule has 0 fully saturated rings. The third kappa shape index (κ3) is 2.51. The zero-order valence-electron chi connectivity index (χ0n) is 5.74. The maximum Gasteiger partial charge on any atom is 0.308 e. The van der Waals surface area contributed by atoms with Gasteiger partial charge in [-0.15, -0.1) is 5.10 Å². The smallest absolute Gasteiger partial charge is 0.308 e. The first-order chi connectivity index (χ1) is 5.18. The van der Waals surface area contributed by atoms with E-state index in [9.17, 15) is 4.79 Å². The van der Waals surface area contributed by atoms with Gasteiger partial charge in [-0.3, -0.25) is 4.79 Å². The lowest BCUT2D eigenvalue weighted by molar-refractivity contribution is -0.131. The molecule has 0 unspecified atom stereocenters. The molecule has 1 aromatic heterocycles. The molecule has 1 rings (SSSR count). The van der Waals surface area contributed by atoms with Crippen molar-refractivity contribution in [2.24, 2.45) is 0 Å². The number of hydrogen-bond donors (Lipinski definition) is 0. The minimum Gasteiger partial charge on any atom is -0.425 e. The number of aromatic nitrogens is 2. The lowest BCUT2D eigenvalue weighted by Crippen LogP contribution is -2.01. The summed E-state index contributed by atoms with van der Waals surface area (Å²) in [6, 6.07) is 1.41. The Morgan fingerprint density at radius 2 is 2.45 bits per heavy atom. The molecule has 0 N–H and O–H groups in total. The number of nitrogens with zero attached hydrogens (tertiary/aromatic N) is 2. The minimum absolute atomic E-state index is 0.198. The van der Waals surface area contributed by atoms with Gasteiger partial charge in [-0.1, -0.05) is 11.6 Å². The van der Waals surface area contributed by atoms with E-state index >= 15 is 0 Å². The quantitative estimate of drug-likeness (QED) is 0.595. The predicted octanol–water partition coefficient (Wildman–Crippen LogP) is 1.06. The molecule has 11 heavy (non-hydrogen) atoms. The van der Waals surface area contributed by atoms with Crippen molar-refractivity contribution in [2.75, 3.05) is 0 Å². The van der Waals surface area contributed by atoms with Crippen molar-refractivity contribution < 1.29 is 9.53 Å². The highest BCUT2D eigenvalue weighted by molar-refractivity contribution is 6.29. The van der Waals surface area contributed by atoms with E-state index in [1.54, 1.807) is 0 Å². The van der Waals surface area contributed by atoms with E-state index in [-0.39, 0.29) is 5.15 Å². The number of esters is 1. The highest BCUT2D eigenvalue weighted by Gasteiger charge is 1.98. The number of rotatable bonds is 1. The molecule has 0 aliphatic heterocycles. The summed E-state index contributed by atoms with van der Waals surface area (Å²) in [6.45, 7) is 1.30. The zero-order valence-corrected chi connectivity index (χ0v) is 6.50. The zero-order chi connectivity index (χ0) is 8.27. The molecule has 0 aliphatic rings. The van der Waals surface area contributed by atoms with Crippen molar-refractivity contribution in [1.29, 1.82) is 0 Å². The van der Waals surface area contributed by atoms with Crippen LogP contribution in [0.1, 0.15) is 6.92 Å². The molecule has 0 spiro atoms. The van der Waals surface area contributed by atoms with Crippen LogP contribution in [-0.2, 0) is 4.79 Å². The average Bonchev–Trinajstić information content (AvgIpc) is 1.85. The van der Waals surface area contributed by atoms with Crippen LogP contribution in [0, 0.1) is 0 Å². The summed E-state index contributed by atoms with van der Waals surface area (Å²) in [5, 5.41) is 7.15. The van der Waals surface area contributed by atoms with Gasteiger partial charge >= 0.3 is 5.97 Å². The Balaban J connectivity index is 2.79. The molecule has 58 valence electrons.